The Balaban J connectivity index is 2.23. The lowest BCUT2D eigenvalue weighted by atomic mass is 9.67. The van der Waals surface area contributed by atoms with Crippen LogP contribution in [0.5, 0.6) is 0 Å². The van der Waals surface area contributed by atoms with Gasteiger partial charge in [0.15, 0.2) is 8.32 Å². The largest absolute Gasteiger partial charge is 0.469 e. The van der Waals surface area contributed by atoms with Crippen molar-refractivity contribution in [2.75, 3.05) is 7.11 Å². The third-order valence-corrected chi connectivity index (χ3v) is 10.4. The molecular formula is C18H32O3Si. The first-order valence-corrected chi connectivity index (χ1v) is 11.5. The molecule has 2 aliphatic carbocycles. The van der Waals surface area contributed by atoms with E-state index in [9.17, 15) is 4.79 Å². The van der Waals surface area contributed by atoms with Crippen LogP contribution in [-0.4, -0.2) is 27.5 Å². The minimum Gasteiger partial charge on any atom is -0.469 e. The minimum atomic E-state index is -1.82. The average Bonchev–Trinajstić information content (AvgIpc) is 2.44. The third kappa shape index (κ3) is 3.48. The molecule has 0 aromatic carbocycles. The predicted octanol–water partition coefficient (Wildman–Crippen LogP) is 4.54. The van der Waals surface area contributed by atoms with E-state index in [1.807, 2.05) is 0 Å². The molecule has 1 fully saturated rings. The van der Waals surface area contributed by atoms with Crippen LogP contribution in [0.4, 0.5) is 0 Å². The fourth-order valence-electron chi connectivity index (χ4n) is 3.65. The first-order valence-electron chi connectivity index (χ1n) is 8.59. The van der Waals surface area contributed by atoms with Crippen molar-refractivity contribution < 1.29 is 14.0 Å². The zero-order chi connectivity index (χ0) is 16.5. The van der Waals surface area contributed by atoms with Crippen molar-refractivity contribution in [2.45, 2.75) is 70.7 Å². The summed E-state index contributed by atoms with van der Waals surface area (Å²) in [6, 6.07) is 0. The molecule has 2 aliphatic rings. The number of allylic oxidation sites excluding steroid dienone is 2. The van der Waals surface area contributed by atoms with Crippen LogP contribution in [0.3, 0.4) is 0 Å². The van der Waals surface area contributed by atoms with E-state index in [1.165, 1.54) is 20.0 Å². The Morgan fingerprint density at radius 3 is 2.50 bits per heavy atom. The first kappa shape index (κ1) is 17.7. The summed E-state index contributed by atoms with van der Waals surface area (Å²) >= 11 is 0. The Kier molecular flexibility index (Phi) is 5.22. The van der Waals surface area contributed by atoms with Crippen molar-refractivity contribution in [3.8, 4) is 0 Å². The third-order valence-electron chi connectivity index (χ3n) is 5.94. The van der Waals surface area contributed by atoms with E-state index in [1.54, 1.807) is 0 Å². The molecule has 0 N–H and O–H groups in total. The Morgan fingerprint density at radius 1 is 1.23 bits per heavy atom. The van der Waals surface area contributed by atoms with E-state index in [0.29, 0.717) is 11.8 Å². The van der Waals surface area contributed by atoms with Gasteiger partial charge in [-0.1, -0.05) is 39.3 Å². The van der Waals surface area contributed by atoms with Crippen molar-refractivity contribution in [2.24, 2.45) is 17.8 Å². The molecule has 1 saturated carbocycles. The summed E-state index contributed by atoms with van der Waals surface area (Å²) in [5.41, 5.74) is 0. The van der Waals surface area contributed by atoms with Gasteiger partial charge in [0.1, 0.15) is 0 Å². The van der Waals surface area contributed by atoms with Gasteiger partial charge in [-0.2, -0.15) is 0 Å². The van der Waals surface area contributed by atoms with Crippen molar-refractivity contribution in [1.82, 2.24) is 0 Å². The zero-order valence-electron chi connectivity index (χ0n) is 15.0. The van der Waals surface area contributed by atoms with Gasteiger partial charge in [-0.3, -0.25) is 4.79 Å². The number of fused-ring (bicyclic) bond motifs is 1. The molecule has 0 radical (unpaired) electrons. The maximum absolute atomic E-state index is 12.2. The number of methoxy groups -OCH3 is 1. The molecule has 2 rings (SSSR count). The number of carbonyl (C=O) groups excluding carboxylic acids is 1. The molecule has 22 heavy (non-hydrogen) atoms. The van der Waals surface area contributed by atoms with Crippen LogP contribution in [0.1, 0.15) is 46.5 Å². The highest BCUT2D eigenvalue weighted by Gasteiger charge is 2.47. The molecule has 4 heteroatoms. The second kappa shape index (κ2) is 6.48. The molecule has 0 aromatic heterocycles. The predicted molar refractivity (Wildman–Crippen MR) is 92.2 cm³/mol. The number of ether oxygens (including phenoxy) is 1. The smallest absolute Gasteiger partial charge is 0.309 e. The summed E-state index contributed by atoms with van der Waals surface area (Å²) in [6.07, 6.45) is 8.92. The monoisotopic (exact) mass is 324 g/mol. The zero-order valence-corrected chi connectivity index (χ0v) is 16.0. The van der Waals surface area contributed by atoms with E-state index < -0.39 is 8.32 Å². The molecule has 0 saturated heterocycles. The van der Waals surface area contributed by atoms with Gasteiger partial charge < -0.3 is 9.16 Å². The standard InChI is InChI=1S/C18H32O3Si/c1-18(2,3)22(5,6)21-15-12-8-10-13-9-7-11-14(16(13)15)17(19)20-4/h7,9,13-16H,8,10-12H2,1-6H3/t13-,14-,15-,16-/m0/s1. The summed E-state index contributed by atoms with van der Waals surface area (Å²) in [6.45, 7) is 11.4. The van der Waals surface area contributed by atoms with E-state index >= 15 is 0 Å². The van der Waals surface area contributed by atoms with Crippen molar-refractivity contribution in [1.29, 1.82) is 0 Å². The maximum Gasteiger partial charge on any atom is 0.309 e. The van der Waals surface area contributed by atoms with E-state index in [2.05, 4.69) is 46.0 Å². The van der Waals surface area contributed by atoms with Crippen molar-refractivity contribution in [3.05, 3.63) is 12.2 Å². The van der Waals surface area contributed by atoms with E-state index in [0.717, 1.165) is 12.8 Å². The average molecular weight is 325 g/mol. The van der Waals surface area contributed by atoms with E-state index in [-0.39, 0.29) is 23.0 Å². The number of hydrogen-bond donors (Lipinski definition) is 0. The lowest BCUT2D eigenvalue weighted by Crippen LogP contribution is -2.51. The topological polar surface area (TPSA) is 35.5 Å². The lowest BCUT2D eigenvalue weighted by Gasteiger charge is -2.47. The normalized spacial score (nSPS) is 32.5. The van der Waals surface area contributed by atoms with Crippen molar-refractivity contribution >= 4 is 14.3 Å². The number of esters is 1. The summed E-state index contributed by atoms with van der Waals surface area (Å²) in [4.78, 5) is 12.2. The van der Waals surface area contributed by atoms with Gasteiger partial charge in [-0.25, -0.2) is 0 Å². The molecule has 3 nitrogen and oxygen atoms in total. The van der Waals surface area contributed by atoms with Crippen LogP contribution >= 0.6 is 0 Å². The van der Waals surface area contributed by atoms with E-state index in [4.69, 9.17) is 9.16 Å². The van der Waals surface area contributed by atoms with Gasteiger partial charge in [0.25, 0.3) is 0 Å². The van der Waals surface area contributed by atoms with Crippen molar-refractivity contribution in [3.63, 3.8) is 0 Å². The highest BCUT2D eigenvalue weighted by molar-refractivity contribution is 6.74. The summed E-state index contributed by atoms with van der Waals surface area (Å²) in [7, 11) is -0.317. The highest BCUT2D eigenvalue weighted by atomic mass is 28.4. The molecule has 0 amide bonds. The van der Waals surface area contributed by atoms with Gasteiger partial charge in [0, 0.05) is 12.0 Å². The molecule has 0 heterocycles. The molecule has 0 unspecified atom stereocenters. The van der Waals surface area contributed by atoms with Crippen LogP contribution in [0.15, 0.2) is 12.2 Å². The molecule has 4 atom stereocenters. The van der Waals surface area contributed by atoms with Crippen LogP contribution in [-0.2, 0) is 14.0 Å². The van der Waals surface area contributed by atoms with Crippen LogP contribution in [0.2, 0.25) is 18.1 Å². The van der Waals surface area contributed by atoms with Crippen LogP contribution in [0, 0.1) is 17.8 Å². The Bertz CT molecular complexity index is 436. The molecular weight excluding hydrogens is 292 g/mol. The molecule has 0 bridgehead atoms. The fraction of sp³-hybridized carbons (Fsp3) is 0.833. The van der Waals surface area contributed by atoms with Crippen LogP contribution in [0.25, 0.3) is 0 Å². The van der Waals surface area contributed by atoms with Gasteiger partial charge in [-0.05, 0) is 43.3 Å². The SMILES string of the molecule is COC(=O)[C@H]1CC=C[C@H]2CCC[C@H](O[Si](C)(C)C(C)(C)C)[C@H]12. The van der Waals surface area contributed by atoms with Gasteiger partial charge in [0.2, 0.25) is 0 Å². The molecule has 126 valence electrons. The summed E-state index contributed by atoms with van der Waals surface area (Å²) in [5, 5.41) is 0.200. The number of hydrogen-bond acceptors (Lipinski definition) is 3. The van der Waals surface area contributed by atoms with Crippen LogP contribution < -0.4 is 0 Å². The maximum atomic E-state index is 12.2. The number of carbonyl (C=O) groups is 1. The van der Waals surface area contributed by atoms with Gasteiger partial charge >= 0.3 is 5.97 Å². The summed E-state index contributed by atoms with van der Waals surface area (Å²) in [5.74, 6) is 0.668. The first-order chi connectivity index (χ1) is 10.2. The Morgan fingerprint density at radius 2 is 1.91 bits per heavy atom. The van der Waals surface area contributed by atoms with Gasteiger partial charge in [-0.15, -0.1) is 0 Å². The quantitative estimate of drug-likeness (QED) is 0.434. The second-order valence-electron chi connectivity index (χ2n) is 8.38. The number of rotatable bonds is 3. The van der Waals surface area contributed by atoms with Gasteiger partial charge in [0.05, 0.1) is 13.0 Å². The fourth-order valence-corrected chi connectivity index (χ4v) is 5.04. The molecule has 0 aromatic rings. The highest BCUT2D eigenvalue weighted by Crippen LogP contribution is 2.46. The Hall–Kier alpha value is -0.613. The molecule has 0 aliphatic heterocycles. The Labute approximate surface area is 136 Å². The lowest BCUT2D eigenvalue weighted by molar-refractivity contribution is -0.151. The molecule has 0 spiro atoms. The minimum absolute atomic E-state index is 0.0323. The summed E-state index contributed by atoms with van der Waals surface area (Å²) < 4.78 is 11.8. The second-order valence-corrected chi connectivity index (χ2v) is 13.1.